The molecule has 4 nitrogen and oxygen atoms in total. The Labute approximate surface area is 118 Å². The van der Waals surface area contributed by atoms with Crippen LogP contribution in [-0.4, -0.2) is 15.3 Å². The summed E-state index contributed by atoms with van der Waals surface area (Å²) in [7, 11) is -1.24. The number of nitriles is 1. The van der Waals surface area contributed by atoms with E-state index in [0.717, 1.165) is 5.56 Å². The first-order valence-corrected chi connectivity index (χ1v) is 7.13. The van der Waals surface area contributed by atoms with Gasteiger partial charge in [-0.1, -0.05) is 12.1 Å². The van der Waals surface area contributed by atoms with Crippen LogP contribution in [0.25, 0.3) is 0 Å². The molecule has 0 fully saturated rings. The summed E-state index contributed by atoms with van der Waals surface area (Å²) in [6.07, 6.45) is 0. The fraction of sp³-hybridized carbons (Fsp3) is 0.0667. The first kappa shape index (κ1) is 14.0. The molecule has 2 rings (SSSR count). The number of benzene rings is 2. The van der Waals surface area contributed by atoms with E-state index in [2.05, 4.69) is 0 Å². The first-order valence-electron chi connectivity index (χ1n) is 5.81. The van der Waals surface area contributed by atoms with Crippen LogP contribution in [0.3, 0.4) is 0 Å². The second-order valence-corrected chi connectivity index (χ2v) is 5.58. The van der Waals surface area contributed by atoms with Gasteiger partial charge in [0.25, 0.3) is 0 Å². The highest BCUT2D eigenvalue weighted by atomic mass is 32.2. The van der Waals surface area contributed by atoms with Crippen molar-refractivity contribution in [3.63, 3.8) is 0 Å². The molecule has 0 amide bonds. The number of hydrogen-bond donors (Lipinski definition) is 1. The number of carboxylic acid groups (broad SMARTS) is 1. The highest BCUT2D eigenvalue weighted by Gasteiger charge is 2.07. The maximum atomic E-state index is 12.1. The van der Waals surface area contributed by atoms with Crippen molar-refractivity contribution in [2.75, 3.05) is 0 Å². The average Bonchev–Trinajstić information content (AvgIpc) is 2.48. The fourth-order valence-electron chi connectivity index (χ4n) is 1.66. The zero-order valence-corrected chi connectivity index (χ0v) is 11.3. The third-order valence-corrected chi connectivity index (χ3v) is 4.14. The Hall–Kier alpha value is -2.45. The lowest BCUT2D eigenvalue weighted by atomic mass is 10.2. The third kappa shape index (κ3) is 3.31. The van der Waals surface area contributed by atoms with Crippen molar-refractivity contribution in [1.29, 1.82) is 5.26 Å². The summed E-state index contributed by atoms with van der Waals surface area (Å²) in [5.74, 6) is -0.674. The van der Waals surface area contributed by atoms with Gasteiger partial charge in [-0.2, -0.15) is 5.26 Å². The van der Waals surface area contributed by atoms with E-state index in [9.17, 15) is 9.00 Å². The largest absolute Gasteiger partial charge is 0.478 e. The second kappa shape index (κ2) is 6.13. The van der Waals surface area contributed by atoms with Crippen LogP contribution in [0.2, 0.25) is 0 Å². The average molecular weight is 285 g/mol. The Morgan fingerprint density at radius 2 is 1.70 bits per heavy atom. The summed E-state index contributed by atoms with van der Waals surface area (Å²) >= 11 is 0. The number of carboxylic acids is 1. The standard InChI is InChI=1S/C15H11NO3S/c16-9-11-1-3-12(4-2-11)10-20(19)14-7-5-13(6-8-14)15(17)18/h1-8H,10H2,(H,17,18). The SMILES string of the molecule is N#Cc1ccc(CS(=O)c2ccc(C(=O)O)cc2)cc1. The molecule has 0 bridgehead atoms. The van der Waals surface area contributed by atoms with Crippen molar-refractivity contribution in [1.82, 2.24) is 0 Å². The van der Waals surface area contributed by atoms with E-state index in [4.69, 9.17) is 10.4 Å². The quantitative estimate of drug-likeness (QED) is 0.936. The zero-order valence-electron chi connectivity index (χ0n) is 10.4. The van der Waals surface area contributed by atoms with Crippen LogP contribution in [-0.2, 0) is 16.6 Å². The van der Waals surface area contributed by atoms with Crippen LogP contribution >= 0.6 is 0 Å². The molecular formula is C15H11NO3S. The molecule has 1 atom stereocenters. The van der Waals surface area contributed by atoms with Crippen molar-refractivity contribution in [2.45, 2.75) is 10.6 Å². The Morgan fingerprint density at radius 1 is 1.10 bits per heavy atom. The molecule has 0 saturated heterocycles. The van der Waals surface area contributed by atoms with Gasteiger partial charge in [0.2, 0.25) is 0 Å². The molecule has 0 aliphatic carbocycles. The van der Waals surface area contributed by atoms with Gasteiger partial charge in [0.1, 0.15) is 0 Å². The lowest BCUT2D eigenvalue weighted by Crippen LogP contribution is -1.99. The van der Waals surface area contributed by atoms with Crippen molar-refractivity contribution < 1.29 is 14.1 Å². The Balaban J connectivity index is 2.11. The van der Waals surface area contributed by atoms with Crippen molar-refractivity contribution >= 4 is 16.8 Å². The molecule has 100 valence electrons. The van der Waals surface area contributed by atoms with Crippen molar-refractivity contribution in [3.05, 3.63) is 65.2 Å². The Morgan fingerprint density at radius 3 is 2.20 bits per heavy atom. The molecule has 2 aromatic rings. The maximum absolute atomic E-state index is 12.1. The zero-order chi connectivity index (χ0) is 14.5. The molecule has 0 aromatic heterocycles. The maximum Gasteiger partial charge on any atom is 0.335 e. The summed E-state index contributed by atoms with van der Waals surface area (Å²) < 4.78 is 12.1. The van der Waals surface area contributed by atoms with Gasteiger partial charge < -0.3 is 5.11 Å². The monoisotopic (exact) mass is 285 g/mol. The molecule has 0 spiro atoms. The molecular weight excluding hydrogens is 274 g/mol. The molecule has 1 N–H and O–H groups in total. The van der Waals surface area contributed by atoms with E-state index in [1.165, 1.54) is 12.1 Å². The number of rotatable bonds is 4. The highest BCUT2D eigenvalue weighted by molar-refractivity contribution is 7.84. The molecule has 1 unspecified atom stereocenters. The summed E-state index contributed by atoms with van der Waals surface area (Å²) in [6, 6.07) is 14.9. The number of nitrogens with zero attached hydrogens (tertiary/aromatic N) is 1. The van der Waals surface area contributed by atoms with Gasteiger partial charge >= 0.3 is 5.97 Å². The number of aromatic carboxylic acids is 1. The van der Waals surface area contributed by atoms with E-state index in [1.54, 1.807) is 36.4 Å². The first-order chi connectivity index (χ1) is 9.60. The Kier molecular flexibility index (Phi) is 4.28. The van der Waals surface area contributed by atoms with Gasteiger partial charge in [-0.05, 0) is 42.0 Å². The van der Waals surface area contributed by atoms with E-state index < -0.39 is 16.8 Å². The lowest BCUT2D eigenvalue weighted by molar-refractivity contribution is 0.0697. The molecule has 0 saturated carbocycles. The minimum Gasteiger partial charge on any atom is -0.478 e. The van der Waals surface area contributed by atoms with Gasteiger partial charge in [-0.3, -0.25) is 4.21 Å². The van der Waals surface area contributed by atoms with Gasteiger partial charge in [0.15, 0.2) is 0 Å². The van der Waals surface area contributed by atoms with Crippen molar-refractivity contribution in [3.8, 4) is 6.07 Å². The lowest BCUT2D eigenvalue weighted by Gasteiger charge is -2.03. The highest BCUT2D eigenvalue weighted by Crippen LogP contribution is 2.14. The van der Waals surface area contributed by atoms with Crippen LogP contribution in [0.15, 0.2) is 53.4 Å². The predicted molar refractivity (Wildman–Crippen MR) is 74.7 cm³/mol. The summed E-state index contributed by atoms with van der Waals surface area (Å²) in [4.78, 5) is 11.3. The van der Waals surface area contributed by atoms with E-state index in [-0.39, 0.29) is 5.56 Å². The van der Waals surface area contributed by atoms with Crippen LogP contribution < -0.4 is 0 Å². The minimum atomic E-state index is -1.24. The van der Waals surface area contributed by atoms with Gasteiger partial charge in [0.05, 0.1) is 33.7 Å². The molecule has 0 aliphatic rings. The second-order valence-electron chi connectivity index (χ2n) is 4.13. The van der Waals surface area contributed by atoms with Crippen LogP contribution in [0.1, 0.15) is 21.5 Å². The fourth-order valence-corrected chi connectivity index (χ4v) is 2.76. The van der Waals surface area contributed by atoms with Gasteiger partial charge in [-0.25, -0.2) is 4.79 Å². The van der Waals surface area contributed by atoms with Crippen molar-refractivity contribution in [2.24, 2.45) is 0 Å². The topological polar surface area (TPSA) is 78.2 Å². The smallest absolute Gasteiger partial charge is 0.335 e. The molecule has 0 heterocycles. The molecule has 0 radical (unpaired) electrons. The van der Waals surface area contributed by atoms with E-state index >= 15 is 0 Å². The molecule has 20 heavy (non-hydrogen) atoms. The van der Waals surface area contributed by atoms with Gasteiger partial charge in [-0.15, -0.1) is 0 Å². The molecule has 5 heteroatoms. The summed E-state index contributed by atoms with van der Waals surface area (Å²) in [5.41, 5.74) is 1.60. The van der Waals surface area contributed by atoms with E-state index in [1.807, 2.05) is 6.07 Å². The van der Waals surface area contributed by atoms with Gasteiger partial charge in [0, 0.05) is 4.90 Å². The Bertz CT molecular complexity index is 685. The number of carbonyl (C=O) groups is 1. The third-order valence-electron chi connectivity index (χ3n) is 2.74. The predicted octanol–water partition coefficient (Wildman–Crippen LogP) is 2.56. The summed E-state index contributed by atoms with van der Waals surface area (Å²) in [5, 5.41) is 17.5. The van der Waals surface area contributed by atoms with Crippen LogP contribution in [0.5, 0.6) is 0 Å². The number of hydrogen-bond acceptors (Lipinski definition) is 3. The molecule has 2 aromatic carbocycles. The molecule has 0 aliphatic heterocycles. The normalized spacial score (nSPS) is 11.6. The van der Waals surface area contributed by atoms with Crippen LogP contribution in [0.4, 0.5) is 0 Å². The summed E-state index contributed by atoms with van der Waals surface area (Å²) in [6.45, 7) is 0. The van der Waals surface area contributed by atoms with E-state index in [0.29, 0.717) is 16.2 Å². The minimum absolute atomic E-state index is 0.170. The van der Waals surface area contributed by atoms with Crippen LogP contribution in [0, 0.1) is 11.3 Å².